The number of sulfone groups is 1. The molecule has 0 aliphatic carbocycles. The van der Waals surface area contributed by atoms with Gasteiger partial charge in [-0.2, -0.15) is 20.2 Å². The van der Waals surface area contributed by atoms with Crippen LogP contribution < -0.4 is 134 Å². The maximum Gasteiger partial charge on any atom is 1.00 e. The Balaban J connectivity index is 0.00000374. The van der Waals surface area contributed by atoms with Crippen LogP contribution in [0.15, 0.2) is 132 Å². The van der Waals surface area contributed by atoms with Crippen molar-refractivity contribution in [2.75, 3.05) is 23.0 Å². The van der Waals surface area contributed by atoms with Gasteiger partial charge in [0.2, 0.25) is 27.9 Å². The Bertz CT molecular complexity index is 3440. The van der Waals surface area contributed by atoms with Crippen LogP contribution in [-0.4, -0.2) is 87.6 Å². The Morgan fingerprint density at radius 1 is 0.606 bits per heavy atom. The first-order chi connectivity index (χ1) is 28.8. The van der Waals surface area contributed by atoms with E-state index in [-0.39, 0.29) is 174 Å². The summed E-state index contributed by atoms with van der Waals surface area (Å²) in [6.45, 7) is 0.689. The molecule has 23 nitrogen and oxygen atoms in total. The molecule has 0 fully saturated rings. The Labute approximate surface area is 466 Å². The van der Waals surface area contributed by atoms with Crippen molar-refractivity contribution in [3.8, 4) is 0 Å². The molecule has 0 saturated heterocycles. The molecular formula is C34H26N8Na4O15S5. The second-order valence-electron chi connectivity index (χ2n) is 12.6. The third kappa shape index (κ3) is 16.5. The molecule has 1 aromatic heterocycles. The molecule has 6 aromatic rings. The van der Waals surface area contributed by atoms with Crippen LogP contribution in [0.1, 0.15) is 5.56 Å². The van der Waals surface area contributed by atoms with Crippen molar-refractivity contribution in [1.29, 1.82) is 0 Å². The van der Waals surface area contributed by atoms with Crippen LogP contribution in [0.3, 0.4) is 0 Å². The van der Waals surface area contributed by atoms with Gasteiger partial charge in [-0.15, -0.1) is 0 Å². The summed E-state index contributed by atoms with van der Waals surface area (Å²) in [6.07, 6.45) is 0. The first kappa shape index (κ1) is 60.0. The first-order valence-electron chi connectivity index (χ1n) is 16.9. The molecule has 0 aliphatic heterocycles. The number of aryl methyl sites for hydroxylation is 1. The number of aromatic amines is 1. The zero-order chi connectivity index (χ0) is 45.3. The molecule has 0 atom stereocenters. The van der Waals surface area contributed by atoms with E-state index in [2.05, 4.69) is 45.0 Å². The van der Waals surface area contributed by atoms with Gasteiger partial charge in [-0.25, -0.2) is 47.1 Å². The van der Waals surface area contributed by atoms with Gasteiger partial charge in [-0.3, -0.25) is 9.17 Å². The van der Waals surface area contributed by atoms with Crippen LogP contribution >= 0.6 is 0 Å². The van der Waals surface area contributed by atoms with Gasteiger partial charge >= 0.3 is 118 Å². The predicted octanol–water partition coefficient (Wildman–Crippen LogP) is -8.62. The fourth-order valence-electron chi connectivity index (χ4n) is 5.51. The van der Waals surface area contributed by atoms with Gasteiger partial charge < -0.3 is 28.8 Å². The second-order valence-corrected chi connectivity index (χ2v) is 19.9. The molecule has 32 heteroatoms. The molecule has 0 bridgehead atoms. The van der Waals surface area contributed by atoms with Gasteiger partial charge in [0.15, 0.2) is 9.84 Å². The molecule has 0 radical (unpaired) electrons. The van der Waals surface area contributed by atoms with E-state index in [1.807, 2.05) is 0 Å². The van der Waals surface area contributed by atoms with Crippen molar-refractivity contribution in [3.05, 3.63) is 108 Å². The first-order valence-corrected chi connectivity index (χ1v) is 24.1. The van der Waals surface area contributed by atoms with Crippen molar-refractivity contribution in [2.24, 2.45) is 15.2 Å². The van der Waals surface area contributed by atoms with Gasteiger partial charge in [0, 0.05) is 22.1 Å². The molecule has 326 valence electrons. The average Bonchev–Trinajstić information content (AvgIpc) is 3.15. The minimum atomic E-state index is -5.17. The molecule has 0 unspecified atom stereocenters. The largest absolute Gasteiger partial charge is 1.00 e. The van der Waals surface area contributed by atoms with E-state index in [0.717, 1.165) is 42.5 Å². The summed E-state index contributed by atoms with van der Waals surface area (Å²) in [5.74, 6) is -1.02. The molecule has 0 saturated carbocycles. The fourth-order valence-corrected chi connectivity index (χ4v) is 8.90. The molecule has 3 N–H and O–H groups in total. The van der Waals surface area contributed by atoms with Crippen molar-refractivity contribution < 1.29 is 183 Å². The van der Waals surface area contributed by atoms with Crippen molar-refractivity contribution in [3.63, 3.8) is 0 Å². The molecule has 1 heterocycles. The summed E-state index contributed by atoms with van der Waals surface area (Å²) >= 11 is 0. The van der Waals surface area contributed by atoms with E-state index in [0.29, 0.717) is 11.3 Å². The molecular weight excluding hydrogens is 1010 g/mol. The minimum Gasteiger partial charge on any atom is -0.744 e. The molecule has 0 spiro atoms. The number of nitrogens with one attached hydrogen (secondary N) is 3. The van der Waals surface area contributed by atoms with E-state index in [1.54, 1.807) is 13.0 Å². The van der Waals surface area contributed by atoms with E-state index in [4.69, 9.17) is 0 Å². The SMILES string of the molecule is Cc1cc(Nc2nc(Nc3ccc(S(=O)(=O)[O-])cc3)nc(=Nc3cccc(S(=O)(=O)CCOS(=O)(=O)[O-])c3)[nH]2)ccc1N=Nc1cc(S(=O)(=O)[O-])c2cccc(S(=O)(=O)[O-])c2c1.[Na+].[Na+].[Na+].[Na+]. The van der Waals surface area contributed by atoms with E-state index in [9.17, 15) is 60.3 Å². The number of nitrogens with zero attached hydrogens (tertiary/aromatic N) is 5. The minimum absolute atomic E-state index is 0. The van der Waals surface area contributed by atoms with Crippen LogP contribution in [0.5, 0.6) is 0 Å². The topological polar surface area (TPSA) is 375 Å². The number of hydrogen-bond donors (Lipinski definition) is 3. The smallest absolute Gasteiger partial charge is 0.744 e. The van der Waals surface area contributed by atoms with E-state index in [1.165, 1.54) is 48.5 Å². The van der Waals surface area contributed by atoms with Crippen LogP contribution in [-0.2, 0) is 54.8 Å². The summed E-state index contributed by atoms with van der Waals surface area (Å²) in [7, 11) is -24.3. The van der Waals surface area contributed by atoms with Gasteiger partial charge in [-0.05, 0) is 91.3 Å². The van der Waals surface area contributed by atoms with Crippen molar-refractivity contribution in [2.45, 2.75) is 26.5 Å². The van der Waals surface area contributed by atoms with E-state index < -0.39 is 77.6 Å². The summed E-state index contributed by atoms with van der Waals surface area (Å²) in [5, 5.41) is 13.3. The molecule has 0 aliphatic rings. The Morgan fingerprint density at radius 3 is 1.85 bits per heavy atom. The number of rotatable bonds is 15. The van der Waals surface area contributed by atoms with Gasteiger partial charge in [0.1, 0.15) is 30.4 Å². The third-order valence-corrected chi connectivity index (χ3v) is 13.0. The maximum absolute atomic E-state index is 12.8. The van der Waals surface area contributed by atoms with Crippen molar-refractivity contribution >= 4 is 102 Å². The van der Waals surface area contributed by atoms with Crippen molar-refractivity contribution in [1.82, 2.24) is 15.0 Å². The number of fused-ring (bicyclic) bond motifs is 1. The Hall–Kier alpha value is -2.08. The molecule has 5 aromatic carbocycles. The molecule has 0 amide bonds. The number of benzene rings is 5. The summed E-state index contributed by atoms with van der Waals surface area (Å²) in [6, 6.07) is 19.5. The summed E-state index contributed by atoms with van der Waals surface area (Å²) in [5.41, 5.74) is 0.875. The number of hydrogen-bond acceptors (Lipinski definition) is 22. The summed E-state index contributed by atoms with van der Waals surface area (Å²) < 4.78 is 168. The van der Waals surface area contributed by atoms with Gasteiger partial charge in [0.25, 0.3) is 0 Å². The quantitative estimate of drug-likeness (QED) is 0.0372. The summed E-state index contributed by atoms with van der Waals surface area (Å²) in [4.78, 5) is 13.4. The number of anilines is 4. The van der Waals surface area contributed by atoms with E-state index >= 15 is 0 Å². The Morgan fingerprint density at radius 2 is 1.24 bits per heavy atom. The van der Waals surface area contributed by atoms with Crippen LogP contribution in [0.25, 0.3) is 10.8 Å². The Kier molecular flexibility index (Phi) is 22.0. The zero-order valence-corrected chi connectivity index (χ0v) is 47.1. The van der Waals surface area contributed by atoms with Gasteiger partial charge in [-0.1, -0.05) is 18.2 Å². The third-order valence-electron chi connectivity index (χ3n) is 8.22. The average molecular weight is 1040 g/mol. The number of H-pyrrole nitrogens is 1. The normalized spacial score (nSPS) is 12.3. The van der Waals surface area contributed by atoms with Crippen LogP contribution in [0.4, 0.5) is 40.3 Å². The number of aromatic nitrogens is 3. The molecule has 6 rings (SSSR count). The van der Waals surface area contributed by atoms with Gasteiger partial charge in [0.05, 0.1) is 49.0 Å². The second kappa shape index (κ2) is 24.2. The van der Waals surface area contributed by atoms with Crippen LogP contribution in [0.2, 0.25) is 0 Å². The maximum atomic E-state index is 12.8. The van der Waals surface area contributed by atoms with Crippen LogP contribution in [0, 0.1) is 6.92 Å². The fraction of sp³-hybridized carbons (Fsp3) is 0.0882. The standard InChI is InChI=1S/C34H30N8O15S5.4Na/c1-20-16-23(10-13-29(20)42-41-24-18-28-27(31(19-24)61(51,52)53)6-3-7-30(28)60(48,49)50)37-34-39-32(35-21-8-11-25(12-9-21)59(45,46)47)38-33(40-34)36-22-4-2-5-26(17-22)58(43,44)15-14-57-62(54,55)56;;;;/h2-13,16-19H,14-15H2,1H3,(H,45,46,47)(H,48,49,50)(H,51,52,53)(H,54,55,56)(H3,35,36,37,38,39,40);;;;/q;4*+1/p-4. The monoisotopic (exact) mass is 1040 g/mol. The number of azo groups is 1. The predicted molar refractivity (Wildman–Crippen MR) is 212 cm³/mol. The molecule has 66 heavy (non-hydrogen) atoms. The zero-order valence-electron chi connectivity index (χ0n) is 35.1.